The second-order valence-electron chi connectivity index (χ2n) is 9.06. The molecule has 1 aliphatic rings. The molecule has 0 radical (unpaired) electrons. The Labute approximate surface area is 176 Å². The number of carbonyl (C=O) groups excluding carboxylic acids is 2. The lowest BCUT2D eigenvalue weighted by molar-refractivity contribution is 0.0825. The number of likely N-dealkylation sites (tertiary alicyclic amines) is 1. The smallest absolute Gasteiger partial charge is 0.318 e. The molecule has 10 nitrogen and oxygen atoms in total. The van der Waals surface area contributed by atoms with E-state index in [2.05, 4.69) is 25.7 Å². The van der Waals surface area contributed by atoms with E-state index in [9.17, 15) is 9.59 Å². The van der Waals surface area contributed by atoms with Crippen molar-refractivity contribution < 1.29 is 14.1 Å². The number of H-pyrrole nitrogens is 1. The summed E-state index contributed by atoms with van der Waals surface area (Å²) in [7, 11) is 3.42. The third-order valence-corrected chi connectivity index (χ3v) is 5.25. The Morgan fingerprint density at radius 1 is 1.37 bits per heavy atom. The highest BCUT2D eigenvalue weighted by Gasteiger charge is 2.31. The highest BCUT2D eigenvalue weighted by atomic mass is 16.5. The summed E-state index contributed by atoms with van der Waals surface area (Å²) >= 11 is 0. The van der Waals surface area contributed by atoms with Crippen molar-refractivity contribution >= 4 is 11.9 Å². The number of amides is 3. The Balaban J connectivity index is 1.66. The number of hydrogen-bond acceptors (Lipinski definition) is 6. The summed E-state index contributed by atoms with van der Waals surface area (Å²) < 4.78 is 5.34. The number of aromatic nitrogens is 4. The molecule has 1 aliphatic heterocycles. The minimum atomic E-state index is -0.403. The van der Waals surface area contributed by atoms with E-state index in [0.29, 0.717) is 30.4 Å². The van der Waals surface area contributed by atoms with Crippen LogP contribution in [-0.4, -0.2) is 69.3 Å². The first kappa shape index (κ1) is 21.8. The van der Waals surface area contributed by atoms with Crippen LogP contribution in [0.25, 0.3) is 0 Å². The van der Waals surface area contributed by atoms with Gasteiger partial charge in [-0.25, -0.2) is 4.79 Å². The quantitative estimate of drug-likeness (QED) is 0.788. The van der Waals surface area contributed by atoms with Gasteiger partial charge in [-0.05, 0) is 19.8 Å². The molecule has 0 bridgehead atoms. The van der Waals surface area contributed by atoms with Crippen molar-refractivity contribution in [3.63, 3.8) is 0 Å². The Kier molecular flexibility index (Phi) is 6.14. The van der Waals surface area contributed by atoms with E-state index in [1.165, 1.54) is 4.90 Å². The van der Waals surface area contributed by atoms with Crippen LogP contribution in [0.4, 0.5) is 4.79 Å². The molecule has 164 valence electrons. The van der Waals surface area contributed by atoms with E-state index in [0.717, 1.165) is 18.5 Å². The summed E-state index contributed by atoms with van der Waals surface area (Å²) in [4.78, 5) is 33.0. The van der Waals surface area contributed by atoms with Gasteiger partial charge in [0, 0.05) is 38.5 Å². The number of hydrogen-bond donors (Lipinski definition) is 2. The first-order valence-electron chi connectivity index (χ1n) is 10.2. The molecule has 2 N–H and O–H groups in total. The molecule has 1 fully saturated rings. The molecule has 0 unspecified atom stereocenters. The average Bonchev–Trinajstić information content (AvgIpc) is 3.36. The van der Waals surface area contributed by atoms with Gasteiger partial charge in [-0.2, -0.15) is 10.1 Å². The van der Waals surface area contributed by atoms with Crippen LogP contribution < -0.4 is 5.32 Å². The highest BCUT2D eigenvalue weighted by Crippen LogP contribution is 2.28. The fraction of sp³-hybridized carbons (Fsp3) is 0.650. The highest BCUT2D eigenvalue weighted by molar-refractivity contribution is 5.95. The van der Waals surface area contributed by atoms with Crippen LogP contribution in [0.5, 0.6) is 0 Å². The van der Waals surface area contributed by atoms with Gasteiger partial charge in [0.1, 0.15) is 6.04 Å². The zero-order chi connectivity index (χ0) is 22.1. The van der Waals surface area contributed by atoms with Gasteiger partial charge in [0.2, 0.25) is 5.89 Å². The second-order valence-corrected chi connectivity index (χ2v) is 9.06. The summed E-state index contributed by atoms with van der Waals surface area (Å²) in [6.45, 7) is 8.99. The van der Waals surface area contributed by atoms with Crippen molar-refractivity contribution in [2.24, 2.45) is 0 Å². The maximum Gasteiger partial charge on any atom is 0.318 e. The zero-order valence-electron chi connectivity index (χ0n) is 18.5. The molecule has 0 spiro atoms. The second kappa shape index (κ2) is 8.45. The van der Waals surface area contributed by atoms with Crippen LogP contribution in [-0.2, 0) is 5.41 Å². The van der Waals surface area contributed by atoms with Crippen LogP contribution >= 0.6 is 0 Å². The lowest BCUT2D eigenvalue weighted by atomic mass is 9.92. The van der Waals surface area contributed by atoms with Crippen molar-refractivity contribution in [3.05, 3.63) is 29.2 Å². The van der Waals surface area contributed by atoms with Gasteiger partial charge in [0.05, 0.1) is 17.5 Å². The largest absolute Gasteiger partial charge is 0.345 e. The van der Waals surface area contributed by atoms with E-state index in [1.807, 2.05) is 27.7 Å². The molecule has 2 aromatic heterocycles. The minimum Gasteiger partial charge on any atom is -0.345 e. The molecule has 3 amide bonds. The van der Waals surface area contributed by atoms with Crippen LogP contribution in [0.3, 0.4) is 0 Å². The third-order valence-electron chi connectivity index (χ3n) is 5.25. The summed E-state index contributed by atoms with van der Waals surface area (Å²) in [5.41, 5.74) is 1.12. The molecule has 3 heterocycles. The Morgan fingerprint density at radius 3 is 2.73 bits per heavy atom. The Hall–Kier alpha value is -2.91. The molecule has 0 saturated carbocycles. The van der Waals surface area contributed by atoms with E-state index in [1.54, 1.807) is 25.2 Å². The standard InChI is InChI=1S/C20H31N7O3/c1-12(16-23-18(25-30-16)20(2,3)4)22-19(29)27-9-7-8-13(11-27)15-14(10-21-24-15)17(28)26(5)6/h10,12-13H,7-9,11H2,1-6H3,(H,21,24)(H,22,29)/t12-,13-/m1/s1. The van der Waals surface area contributed by atoms with E-state index in [4.69, 9.17) is 4.52 Å². The molecule has 10 heteroatoms. The first-order valence-corrected chi connectivity index (χ1v) is 10.2. The lowest BCUT2D eigenvalue weighted by Crippen LogP contribution is -2.46. The molecule has 2 atom stereocenters. The van der Waals surface area contributed by atoms with Gasteiger partial charge in [-0.1, -0.05) is 25.9 Å². The van der Waals surface area contributed by atoms with Crippen molar-refractivity contribution in [1.29, 1.82) is 0 Å². The van der Waals surface area contributed by atoms with E-state index >= 15 is 0 Å². The predicted molar refractivity (Wildman–Crippen MR) is 110 cm³/mol. The molecule has 30 heavy (non-hydrogen) atoms. The monoisotopic (exact) mass is 417 g/mol. The van der Waals surface area contributed by atoms with Crippen LogP contribution in [0, 0.1) is 0 Å². The fourth-order valence-electron chi connectivity index (χ4n) is 3.47. The van der Waals surface area contributed by atoms with Gasteiger partial charge in [0.25, 0.3) is 5.91 Å². The van der Waals surface area contributed by atoms with E-state index < -0.39 is 6.04 Å². The number of aromatic amines is 1. The number of piperidine rings is 1. The fourth-order valence-corrected chi connectivity index (χ4v) is 3.47. The number of rotatable bonds is 4. The van der Waals surface area contributed by atoms with Gasteiger partial charge >= 0.3 is 6.03 Å². The average molecular weight is 418 g/mol. The SMILES string of the molecule is C[C@@H](NC(=O)N1CCC[C@@H](c2[nH]ncc2C(=O)N(C)C)C1)c1nc(C(C)(C)C)no1. The van der Waals surface area contributed by atoms with Crippen molar-refractivity contribution in [1.82, 2.24) is 35.5 Å². The molecular weight excluding hydrogens is 386 g/mol. The normalized spacial score (nSPS) is 18.2. The van der Waals surface area contributed by atoms with Crippen LogP contribution in [0.15, 0.2) is 10.7 Å². The Morgan fingerprint density at radius 2 is 2.10 bits per heavy atom. The molecular formula is C20H31N7O3. The molecule has 0 aliphatic carbocycles. The first-order chi connectivity index (χ1) is 14.1. The summed E-state index contributed by atoms with van der Waals surface area (Å²) in [5, 5.41) is 14.0. The summed E-state index contributed by atoms with van der Waals surface area (Å²) in [5.74, 6) is 0.917. The minimum absolute atomic E-state index is 0.0251. The number of carbonyl (C=O) groups is 2. The van der Waals surface area contributed by atoms with Crippen molar-refractivity contribution in [2.45, 2.75) is 57.9 Å². The number of nitrogens with zero attached hydrogens (tertiary/aromatic N) is 5. The lowest BCUT2D eigenvalue weighted by Gasteiger charge is -2.33. The summed E-state index contributed by atoms with van der Waals surface area (Å²) in [6.07, 6.45) is 3.28. The zero-order valence-corrected chi connectivity index (χ0v) is 18.5. The maximum absolute atomic E-state index is 12.9. The van der Waals surface area contributed by atoms with Gasteiger partial charge in [-0.15, -0.1) is 0 Å². The predicted octanol–water partition coefficient (Wildman–Crippen LogP) is 2.44. The topological polar surface area (TPSA) is 120 Å². The molecule has 2 aromatic rings. The van der Waals surface area contributed by atoms with Gasteiger partial charge in [-0.3, -0.25) is 9.89 Å². The van der Waals surface area contributed by atoms with Gasteiger partial charge in [0.15, 0.2) is 5.82 Å². The molecule has 1 saturated heterocycles. The number of nitrogens with one attached hydrogen (secondary N) is 2. The molecule has 0 aromatic carbocycles. The summed E-state index contributed by atoms with van der Waals surface area (Å²) in [6, 6.07) is -0.595. The van der Waals surface area contributed by atoms with E-state index in [-0.39, 0.29) is 23.3 Å². The van der Waals surface area contributed by atoms with Crippen LogP contribution in [0.2, 0.25) is 0 Å². The maximum atomic E-state index is 12.9. The van der Waals surface area contributed by atoms with Gasteiger partial charge < -0.3 is 19.6 Å². The Bertz CT molecular complexity index is 896. The number of urea groups is 1. The van der Waals surface area contributed by atoms with Crippen molar-refractivity contribution in [2.75, 3.05) is 27.2 Å². The van der Waals surface area contributed by atoms with Crippen LogP contribution in [0.1, 0.15) is 80.3 Å². The molecule has 3 rings (SSSR count). The third kappa shape index (κ3) is 4.63. The van der Waals surface area contributed by atoms with Crippen molar-refractivity contribution in [3.8, 4) is 0 Å².